The van der Waals surface area contributed by atoms with Gasteiger partial charge in [-0.05, 0) is 37.0 Å². The van der Waals surface area contributed by atoms with Gasteiger partial charge in [-0.3, -0.25) is 10.1 Å². The van der Waals surface area contributed by atoms with Gasteiger partial charge in [0.15, 0.2) is 0 Å². The number of nitro groups is 1. The number of nitro benzene ring substituents is 1. The monoisotopic (exact) mass is 222 g/mol. The molecule has 0 fully saturated rings. The van der Waals surface area contributed by atoms with Crippen LogP contribution in [0.2, 0.25) is 0 Å². The highest BCUT2D eigenvalue weighted by Crippen LogP contribution is 2.27. The van der Waals surface area contributed by atoms with Gasteiger partial charge in [-0.2, -0.15) is 0 Å². The van der Waals surface area contributed by atoms with Crippen molar-refractivity contribution >= 4 is 11.4 Å². The molecule has 0 aliphatic rings. The fourth-order valence-electron chi connectivity index (χ4n) is 1.41. The molecule has 4 heteroatoms. The fraction of sp³-hybridized carbons (Fsp3) is 0.500. The number of anilines is 1. The average Bonchev–Trinajstić information content (AvgIpc) is 2.18. The quantitative estimate of drug-likeness (QED) is 0.628. The van der Waals surface area contributed by atoms with Crippen molar-refractivity contribution in [3.8, 4) is 0 Å². The summed E-state index contributed by atoms with van der Waals surface area (Å²) in [5.74, 6) is 0.459. The van der Waals surface area contributed by atoms with Crippen LogP contribution in [-0.4, -0.2) is 11.5 Å². The Labute approximate surface area is 95.8 Å². The van der Waals surface area contributed by atoms with Gasteiger partial charge in [0.25, 0.3) is 5.69 Å². The van der Waals surface area contributed by atoms with Crippen molar-refractivity contribution in [1.82, 2.24) is 0 Å². The molecule has 4 nitrogen and oxygen atoms in total. The first-order valence-electron chi connectivity index (χ1n) is 5.41. The van der Waals surface area contributed by atoms with E-state index in [2.05, 4.69) is 19.2 Å². The number of hydrogen-bond acceptors (Lipinski definition) is 3. The molecule has 0 aliphatic carbocycles. The first-order chi connectivity index (χ1) is 7.41. The number of rotatable bonds is 4. The van der Waals surface area contributed by atoms with Gasteiger partial charge in [0.2, 0.25) is 0 Å². The van der Waals surface area contributed by atoms with E-state index in [1.807, 2.05) is 19.9 Å². The molecule has 0 heterocycles. The largest absolute Gasteiger partial charge is 0.379 e. The molecule has 1 N–H and O–H groups in total. The Bertz CT molecular complexity index is 400. The second-order valence-electron chi connectivity index (χ2n) is 4.49. The summed E-state index contributed by atoms with van der Waals surface area (Å²) in [6.45, 7) is 8.72. The van der Waals surface area contributed by atoms with E-state index in [0.29, 0.717) is 11.6 Å². The Balaban J connectivity index is 3.05. The van der Waals surface area contributed by atoms with Crippen molar-refractivity contribution in [2.45, 2.75) is 27.7 Å². The highest BCUT2D eigenvalue weighted by molar-refractivity contribution is 5.64. The van der Waals surface area contributed by atoms with Gasteiger partial charge in [0.05, 0.1) is 4.92 Å². The molecule has 16 heavy (non-hydrogen) atoms. The summed E-state index contributed by atoms with van der Waals surface area (Å²) in [5.41, 5.74) is 2.78. The SMILES string of the molecule is Cc1cc(NCC(C)C)c([N+](=O)[O-])cc1C. The standard InChI is InChI=1S/C12H18N2O2/c1-8(2)7-13-11-5-9(3)10(4)6-12(11)14(15)16/h5-6,8,13H,7H2,1-4H3. The lowest BCUT2D eigenvalue weighted by molar-refractivity contribution is -0.384. The molecule has 1 rings (SSSR count). The Morgan fingerprint density at radius 2 is 1.88 bits per heavy atom. The molecule has 0 bridgehead atoms. The lowest BCUT2D eigenvalue weighted by Gasteiger charge is -2.11. The smallest absolute Gasteiger partial charge is 0.292 e. The molecule has 0 saturated carbocycles. The van der Waals surface area contributed by atoms with E-state index >= 15 is 0 Å². The first-order valence-corrected chi connectivity index (χ1v) is 5.41. The molecule has 0 atom stereocenters. The van der Waals surface area contributed by atoms with Crippen LogP contribution < -0.4 is 5.32 Å². The molecule has 0 saturated heterocycles. The second kappa shape index (κ2) is 4.96. The van der Waals surface area contributed by atoms with Crippen molar-refractivity contribution in [1.29, 1.82) is 0 Å². The number of nitrogens with one attached hydrogen (secondary N) is 1. The van der Waals surface area contributed by atoms with Crippen LogP contribution in [-0.2, 0) is 0 Å². The van der Waals surface area contributed by atoms with Crippen LogP contribution >= 0.6 is 0 Å². The van der Waals surface area contributed by atoms with Crippen LogP contribution in [0, 0.1) is 29.9 Å². The molecule has 0 radical (unpaired) electrons. The zero-order valence-corrected chi connectivity index (χ0v) is 10.2. The van der Waals surface area contributed by atoms with E-state index < -0.39 is 0 Å². The Morgan fingerprint density at radius 1 is 1.31 bits per heavy atom. The second-order valence-corrected chi connectivity index (χ2v) is 4.49. The zero-order chi connectivity index (χ0) is 12.3. The molecular formula is C12H18N2O2. The molecular weight excluding hydrogens is 204 g/mol. The van der Waals surface area contributed by atoms with Gasteiger partial charge >= 0.3 is 0 Å². The number of hydrogen-bond donors (Lipinski definition) is 1. The van der Waals surface area contributed by atoms with Crippen LogP contribution in [0.3, 0.4) is 0 Å². The van der Waals surface area contributed by atoms with Gasteiger partial charge in [0, 0.05) is 12.6 Å². The molecule has 0 spiro atoms. The minimum Gasteiger partial charge on any atom is -0.379 e. The lowest BCUT2D eigenvalue weighted by Crippen LogP contribution is -2.10. The topological polar surface area (TPSA) is 55.2 Å². The summed E-state index contributed by atoms with van der Waals surface area (Å²) in [4.78, 5) is 10.6. The number of benzene rings is 1. The summed E-state index contributed by atoms with van der Waals surface area (Å²) < 4.78 is 0. The van der Waals surface area contributed by atoms with E-state index in [1.54, 1.807) is 6.07 Å². The van der Waals surface area contributed by atoms with Crippen LogP contribution in [0.15, 0.2) is 12.1 Å². The maximum absolute atomic E-state index is 10.9. The minimum atomic E-state index is -0.338. The first kappa shape index (κ1) is 12.5. The van der Waals surface area contributed by atoms with Crippen molar-refractivity contribution in [3.63, 3.8) is 0 Å². The fourth-order valence-corrected chi connectivity index (χ4v) is 1.41. The van der Waals surface area contributed by atoms with Crippen molar-refractivity contribution < 1.29 is 4.92 Å². The molecule has 88 valence electrons. The van der Waals surface area contributed by atoms with Crippen molar-refractivity contribution in [2.24, 2.45) is 5.92 Å². The third-order valence-electron chi connectivity index (χ3n) is 2.51. The van der Waals surface area contributed by atoms with E-state index in [4.69, 9.17) is 0 Å². The van der Waals surface area contributed by atoms with Gasteiger partial charge in [0.1, 0.15) is 5.69 Å². The molecule has 0 amide bonds. The summed E-state index contributed by atoms with van der Waals surface area (Å²) in [7, 11) is 0. The third-order valence-corrected chi connectivity index (χ3v) is 2.51. The Kier molecular flexibility index (Phi) is 3.88. The molecule has 0 aromatic heterocycles. The highest BCUT2D eigenvalue weighted by atomic mass is 16.6. The van der Waals surface area contributed by atoms with Gasteiger partial charge in [-0.1, -0.05) is 13.8 Å². The molecule has 1 aromatic carbocycles. The van der Waals surface area contributed by atoms with E-state index in [1.165, 1.54) is 0 Å². The number of nitrogens with zero attached hydrogens (tertiary/aromatic N) is 1. The van der Waals surface area contributed by atoms with Crippen molar-refractivity contribution in [3.05, 3.63) is 33.4 Å². The summed E-state index contributed by atoms with van der Waals surface area (Å²) >= 11 is 0. The number of aryl methyl sites for hydroxylation is 2. The summed E-state index contributed by atoms with van der Waals surface area (Å²) in [6, 6.07) is 3.47. The zero-order valence-electron chi connectivity index (χ0n) is 10.2. The van der Waals surface area contributed by atoms with E-state index in [-0.39, 0.29) is 10.6 Å². The Hall–Kier alpha value is -1.58. The normalized spacial score (nSPS) is 10.6. The highest BCUT2D eigenvalue weighted by Gasteiger charge is 2.15. The minimum absolute atomic E-state index is 0.156. The summed E-state index contributed by atoms with van der Waals surface area (Å²) in [6.07, 6.45) is 0. The third kappa shape index (κ3) is 2.95. The molecule has 1 aromatic rings. The Morgan fingerprint density at radius 3 is 2.38 bits per heavy atom. The average molecular weight is 222 g/mol. The van der Waals surface area contributed by atoms with Crippen LogP contribution in [0.1, 0.15) is 25.0 Å². The molecule has 0 unspecified atom stereocenters. The predicted octanol–water partition coefficient (Wildman–Crippen LogP) is 3.28. The van der Waals surface area contributed by atoms with Gasteiger partial charge in [-0.25, -0.2) is 0 Å². The van der Waals surface area contributed by atoms with Crippen LogP contribution in [0.5, 0.6) is 0 Å². The maximum atomic E-state index is 10.9. The van der Waals surface area contributed by atoms with Gasteiger partial charge < -0.3 is 5.32 Å². The van der Waals surface area contributed by atoms with Crippen LogP contribution in [0.4, 0.5) is 11.4 Å². The van der Waals surface area contributed by atoms with Gasteiger partial charge in [-0.15, -0.1) is 0 Å². The van der Waals surface area contributed by atoms with E-state index in [9.17, 15) is 10.1 Å². The predicted molar refractivity (Wildman–Crippen MR) is 65.9 cm³/mol. The van der Waals surface area contributed by atoms with E-state index in [0.717, 1.165) is 17.7 Å². The molecule has 0 aliphatic heterocycles. The summed E-state index contributed by atoms with van der Waals surface area (Å²) in [5, 5.41) is 14.0. The van der Waals surface area contributed by atoms with Crippen LogP contribution in [0.25, 0.3) is 0 Å². The maximum Gasteiger partial charge on any atom is 0.292 e. The lowest BCUT2D eigenvalue weighted by atomic mass is 10.1. The van der Waals surface area contributed by atoms with Crippen molar-refractivity contribution in [2.75, 3.05) is 11.9 Å².